The van der Waals surface area contributed by atoms with E-state index >= 15 is 0 Å². The average molecular weight is 429 g/mol. The van der Waals surface area contributed by atoms with Crippen LogP contribution in [-0.2, 0) is 16.1 Å². The van der Waals surface area contributed by atoms with Crippen molar-refractivity contribution in [3.05, 3.63) is 34.6 Å². The lowest BCUT2D eigenvalue weighted by atomic mass is 10.1. The fourth-order valence-corrected chi connectivity index (χ4v) is 3.51. The monoisotopic (exact) mass is 427 g/mol. The summed E-state index contributed by atoms with van der Waals surface area (Å²) in [5.74, 6) is -0.253. The molecule has 5 nitrogen and oxygen atoms in total. The molecule has 148 valence electrons. The Hall–Kier alpha value is -0.630. The molecule has 1 amide bonds. The number of benzene rings is 1. The van der Waals surface area contributed by atoms with E-state index in [2.05, 4.69) is 4.90 Å². The van der Waals surface area contributed by atoms with Gasteiger partial charge in [0.1, 0.15) is 11.9 Å². The number of carbonyl (C=O) groups is 1. The summed E-state index contributed by atoms with van der Waals surface area (Å²) in [4.78, 5) is 16.6. The van der Waals surface area contributed by atoms with E-state index in [0.29, 0.717) is 31.2 Å². The molecule has 2 N–H and O–H groups in total. The SMILES string of the molecule is Cl.Cl.NC[C@H]1CC[C@@H](C(=O)N2CCN(Cc3ccc(F)cc3Cl)CC2)O1. The largest absolute Gasteiger partial charge is 0.364 e. The Labute approximate surface area is 170 Å². The van der Waals surface area contributed by atoms with Gasteiger partial charge in [-0.1, -0.05) is 17.7 Å². The maximum absolute atomic E-state index is 13.1. The normalized spacial score (nSPS) is 23.3. The van der Waals surface area contributed by atoms with E-state index in [1.807, 2.05) is 4.90 Å². The molecule has 2 fully saturated rings. The van der Waals surface area contributed by atoms with Crippen LogP contribution in [0, 0.1) is 5.82 Å². The van der Waals surface area contributed by atoms with Crippen LogP contribution >= 0.6 is 36.4 Å². The highest BCUT2D eigenvalue weighted by molar-refractivity contribution is 6.31. The second-order valence-corrected chi connectivity index (χ2v) is 6.80. The van der Waals surface area contributed by atoms with Crippen LogP contribution in [0.4, 0.5) is 4.39 Å². The number of piperazine rings is 1. The number of amides is 1. The van der Waals surface area contributed by atoms with E-state index in [0.717, 1.165) is 31.5 Å². The average Bonchev–Trinajstić information content (AvgIpc) is 3.06. The molecular weight excluding hydrogens is 404 g/mol. The quantitative estimate of drug-likeness (QED) is 0.800. The van der Waals surface area contributed by atoms with Gasteiger partial charge in [-0.2, -0.15) is 0 Å². The second-order valence-electron chi connectivity index (χ2n) is 6.40. The van der Waals surface area contributed by atoms with Gasteiger partial charge in [-0.05, 0) is 30.5 Å². The molecule has 26 heavy (non-hydrogen) atoms. The Balaban J connectivity index is 0.00000169. The summed E-state index contributed by atoms with van der Waals surface area (Å²) in [5, 5.41) is 0.445. The first kappa shape index (κ1) is 23.4. The summed E-state index contributed by atoms with van der Waals surface area (Å²) in [7, 11) is 0. The molecule has 3 rings (SSSR count). The van der Waals surface area contributed by atoms with Crippen molar-refractivity contribution in [2.24, 2.45) is 5.73 Å². The molecule has 1 aromatic carbocycles. The molecule has 0 aliphatic carbocycles. The zero-order valence-electron chi connectivity index (χ0n) is 14.4. The van der Waals surface area contributed by atoms with Crippen LogP contribution in [0.3, 0.4) is 0 Å². The highest BCUT2D eigenvalue weighted by atomic mass is 35.5. The third-order valence-electron chi connectivity index (χ3n) is 4.74. The van der Waals surface area contributed by atoms with E-state index in [-0.39, 0.29) is 48.7 Å². The summed E-state index contributed by atoms with van der Waals surface area (Å²) < 4.78 is 18.8. The van der Waals surface area contributed by atoms with Gasteiger partial charge in [0.2, 0.25) is 0 Å². The van der Waals surface area contributed by atoms with Crippen LogP contribution in [-0.4, -0.2) is 60.6 Å². The van der Waals surface area contributed by atoms with Crippen LogP contribution < -0.4 is 5.73 Å². The Morgan fingerprint density at radius 2 is 1.92 bits per heavy atom. The molecule has 2 aliphatic heterocycles. The first-order chi connectivity index (χ1) is 11.6. The molecule has 2 heterocycles. The molecule has 2 aliphatic rings. The predicted molar refractivity (Wildman–Crippen MR) is 105 cm³/mol. The summed E-state index contributed by atoms with van der Waals surface area (Å²) >= 11 is 6.08. The number of ether oxygens (including phenoxy) is 1. The molecule has 1 aromatic rings. The van der Waals surface area contributed by atoms with Gasteiger partial charge in [-0.25, -0.2) is 4.39 Å². The summed E-state index contributed by atoms with van der Waals surface area (Å²) in [6, 6.07) is 4.47. The third kappa shape index (κ3) is 5.68. The molecule has 0 radical (unpaired) electrons. The van der Waals surface area contributed by atoms with Gasteiger partial charge in [0.25, 0.3) is 5.91 Å². The minimum atomic E-state index is -0.336. The van der Waals surface area contributed by atoms with Gasteiger partial charge in [0, 0.05) is 44.3 Å². The lowest BCUT2D eigenvalue weighted by Crippen LogP contribution is -2.51. The molecule has 9 heteroatoms. The Kier molecular flexibility index (Phi) is 9.58. The molecule has 2 saturated heterocycles. The van der Waals surface area contributed by atoms with E-state index in [1.165, 1.54) is 12.1 Å². The number of hydrogen-bond acceptors (Lipinski definition) is 4. The smallest absolute Gasteiger partial charge is 0.251 e. The zero-order valence-corrected chi connectivity index (χ0v) is 16.8. The summed E-state index contributed by atoms with van der Waals surface area (Å²) in [6.07, 6.45) is 1.29. The molecule has 0 spiro atoms. The van der Waals surface area contributed by atoms with Crippen molar-refractivity contribution < 1.29 is 13.9 Å². The molecule has 0 bridgehead atoms. The lowest BCUT2D eigenvalue weighted by molar-refractivity contribution is -0.144. The fraction of sp³-hybridized carbons (Fsp3) is 0.588. The van der Waals surface area contributed by atoms with Crippen molar-refractivity contribution in [2.45, 2.75) is 31.6 Å². The van der Waals surface area contributed by atoms with E-state index in [4.69, 9.17) is 22.1 Å². The lowest BCUT2D eigenvalue weighted by Gasteiger charge is -2.36. The Morgan fingerprint density at radius 1 is 1.23 bits per heavy atom. The zero-order chi connectivity index (χ0) is 17.1. The van der Waals surface area contributed by atoms with Crippen LogP contribution in [0.25, 0.3) is 0 Å². The van der Waals surface area contributed by atoms with Gasteiger partial charge < -0.3 is 15.4 Å². The Morgan fingerprint density at radius 3 is 2.50 bits per heavy atom. The number of nitrogens with two attached hydrogens (primary N) is 1. The first-order valence-electron chi connectivity index (χ1n) is 8.37. The second kappa shape index (κ2) is 10.6. The maximum atomic E-state index is 13.1. The molecule has 0 unspecified atom stereocenters. The van der Waals surface area contributed by atoms with E-state index in [9.17, 15) is 9.18 Å². The van der Waals surface area contributed by atoms with E-state index in [1.54, 1.807) is 6.07 Å². The summed E-state index contributed by atoms with van der Waals surface area (Å²) in [5.41, 5.74) is 6.50. The van der Waals surface area contributed by atoms with Crippen LogP contribution in [0.1, 0.15) is 18.4 Å². The molecule has 0 saturated carbocycles. The standard InChI is InChI=1S/C17H23ClFN3O2.2ClH/c18-15-9-13(19)2-1-12(15)11-21-5-7-22(8-6-21)17(23)16-4-3-14(10-20)24-16;;/h1-2,9,14,16H,3-8,10-11,20H2;2*1H/t14-,16+;;/m1../s1. The summed E-state index contributed by atoms with van der Waals surface area (Å²) in [6.45, 7) is 4.01. The van der Waals surface area contributed by atoms with Crippen molar-refractivity contribution >= 4 is 42.3 Å². The van der Waals surface area contributed by atoms with Crippen LogP contribution in [0.2, 0.25) is 5.02 Å². The topological polar surface area (TPSA) is 58.8 Å². The minimum Gasteiger partial charge on any atom is -0.364 e. The van der Waals surface area contributed by atoms with Crippen molar-refractivity contribution in [3.8, 4) is 0 Å². The van der Waals surface area contributed by atoms with Gasteiger partial charge in [0.05, 0.1) is 6.10 Å². The van der Waals surface area contributed by atoms with Crippen molar-refractivity contribution in [3.63, 3.8) is 0 Å². The highest BCUT2D eigenvalue weighted by Gasteiger charge is 2.34. The van der Waals surface area contributed by atoms with Gasteiger partial charge >= 0.3 is 0 Å². The van der Waals surface area contributed by atoms with Crippen molar-refractivity contribution in [2.75, 3.05) is 32.7 Å². The number of hydrogen-bond donors (Lipinski definition) is 1. The highest BCUT2D eigenvalue weighted by Crippen LogP contribution is 2.22. The van der Waals surface area contributed by atoms with Gasteiger partial charge in [0.15, 0.2) is 0 Å². The van der Waals surface area contributed by atoms with Gasteiger partial charge in [-0.3, -0.25) is 9.69 Å². The van der Waals surface area contributed by atoms with Crippen molar-refractivity contribution in [1.82, 2.24) is 9.80 Å². The molecule has 2 atom stereocenters. The Bertz CT molecular complexity index is 601. The van der Waals surface area contributed by atoms with Crippen LogP contribution in [0.5, 0.6) is 0 Å². The van der Waals surface area contributed by atoms with Crippen LogP contribution in [0.15, 0.2) is 18.2 Å². The van der Waals surface area contributed by atoms with E-state index < -0.39 is 0 Å². The first-order valence-corrected chi connectivity index (χ1v) is 8.75. The minimum absolute atomic E-state index is 0. The van der Waals surface area contributed by atoms with Crippen molar-refractivity contribution in [1.29, 1.82) is 0 Å². The molecular formula is C17H25Cl3FN3O2. The number of carbonyl (C=O) groups excluding carboxylic acids is 1. The number of halogens is 4. The number of rotatable bonds is 4. The fourth-order valence-electron chi connectivity index (χ4n) is 3.28. The predicted octanol–water partition coefficient (Wildman–Crippen LogP) is 2.47. The van der Waals surface area contributed by atoms with Gasteiger partial charge in [-0.15, -0.1) is 24.8 Å². The maximum Gasteiger partial charge on any atom is 0.251 e. The number of nitrogens with zero attached hydrogens (tertiary/aromatic N) is 2. The third-order valence-corrected chi connectivity index (χ3v) is 5.09. The molecule has 0 aromatic heterocycles.